The van der Waals surface area contributed by atoms with Crippen molar-refractivity contribution >= 4 is 11.9 Å². The highest BCUT2D eigenvalue weighted by Gasteiger charge is 2.13. The summed E-state index contributed by atoms with van der Waals surface area (Å²) < 4.78 is 28.6. The largest absolute Gasteiger partial charge is 0.456 e. The van der Waals surface area contributed by atoms with Crippen molar-refractivity contribution in [2.45, 2.75) is 13.0 Å². The molecule has 144 valence electrons. The van der Waals surface area contributed by atoms with E-state index < -0.39 is 19.0 Å². The lowest BCUT2D eigenvalue weighted by Crippen LogP contribution is -2.38. The summed E-state index contributed by atoms with van der Waals surface area (Å²) in [7, 11) is 3.82. The van der Waals surface area contributed by atoms with Gasteiger partial charge in [-0.2, -0.15) is 0 Å². The van der Waals surface area contributed by atoms with Crippen LogP contribution in [0.5, 0.6) is 0 Å². The summed E-state index contributed by atoms with van der Waals surface area (Å²) in [6.07, 6.45) is 0.143. The maximum Gasteiger partial charge on any atom is 0.338 e. The van der Waals surface area contributed by atoms with Crippen molar-refractivity contribution < 1.29 is 23.1 Å². The number of nitrogens with zero attached hydrogens (tertiary/aromatic N) is 3. The summed E-state index contributed by atoms with van der Waals surface area (Å²) in [5, 5.41) is 2.93. The predicted molar refractivity (Wildman–Crippen MR) is 92.7 cm³/mol. The van der Waals surface area contributed by atoms with Crippen LogP contribution in [0.1, 0.15) is 16.1 Å². The van der Waals surface area contributed by atoms with E-state index in [0.29, 0.717) is 18.8 Å². The molecule has 0 aliphatic heterocycles. The van der Waals surface area contributed by atoms with Gasteiger partial charge in [0.15, 0.2) is 6.61 Å². The maximum atomic E-state index is 12.1. The number of pyridine rings is 1. The highest BCUT2D eigenvalue weighted by atomic mass is 19.3. The summed E-state index contributed by atoms with van der Waals surface area (Å²) in [5.41, 5.74) is 0.616. The Morgan fingerprint density at radius 2 is 2.12 bits per heavy atom. The molecule has 0 radical (unpaired) electrons. The molecule has 0 bridgehead atoms. The van der Waals surface area contributed by atoms with Gasteiger partial charge in [0.2, 0.25) is 5.91 Å². The number of ether oxygens (including phenoxy) is 1. The number of amides is 1. The van der Waals surface area contributed by atoms with Gasteiger partial charge >= 0.3 is 5.97 Å². The standard InChI is InChI=1S/C17H24F2N4O3/c1-4-23(8-7-22(2)3)16(24)11-20-10-14-9-13(5-6-21-14)17(25)26-12-15(18)19/h4-6,9,15,20H,1,7-8,10-12H2,2-3H3. The molecule has 26 heavy (non-hydrogen) atoms. The Bertz CT molecular complexity index is 611. The van der Waals surface area contributed by atoms with E-state index in [9.17, 15) is 18.4 Å². The molecular formula is C17H24F2N4O3. The van der Waals surface area contributed by atoms with Crippen LogP contribution < -0.4 is 5.32 Å². The van der Waals surface area contributed by atoms with E-state index in [0.717, 1.165) is 0 Å². The summed E-state index contributed by atoms with van der Waals surface area (Å²) in [6, 6.07) is 2.81. The molecule has 0 spiro atoms. The first-order valence-electron chi connectivity index (χ1n) is 8.01. The molecule has 1 heterocycles. The third-order valence-electron chi connectivity index (χ3n) is 3.30. The third kappa shape index (κ3) is 8.13. The molecule has 0 aliphatic rings. The van der Waals surface area contributed by atoms with Gasteiger partial charge in [0.05, 0.1) is 17.8 Å². The number of carbonyl (C=O) groups excluding carboxylic acids is 2. The van der Waals surface area contributed by atoms with E-state index in [4.69, 9.17) is 0 Å². The molecular weight excluding hydrogens is 346 g/mol. The normalized spacial score (nSPS) is 10.8. The zero-order valence-corrected chi connectivity index (χ0v) is 15.0. The van der Waals surface area contributed by atoms with E-state index in [1.807, 2.05) is 19.0 Å². The van der Waals surface area contributed by atoms with Gasteiger partial charge in [-0.1, -0.05) is 6.58 Å². The first-order valence-corrected chi connectivity index (χ1v) is 8.01. The number of hydrogen-bond acceptors (Lipinski definition) is 6. The Labute approximate surface area is 151 Å². The number of aromatic nitrogens is 1. The van der Waals surface area contributed by atoms with Crippen LogP contribution in [-0.4, -0.2) is 73.4 Å². The molecule has 9 heteroatoms. The summed E-state index contributed by atoms with van der Waals surface area (Å²) in [5.74, 6) is -0.985. The van der Waals surface area contributed by atoms with Crippen LogP contribution in [0.3, 0.4) is 0 Å². The monoisotopic (exact) mass is 370 g/mol. The number of likely N-dealkylation sites (N-methyl/N-ethyl adjacent to an activating group) is 1. The van der Waals surface area contributed by atoms with Crippen molar-refractivity contribution in [3.8, 4) is 0 Å². The average molecular weight is 370 g/mol. The summed E-state index contributed by atoms with van der Waals surface area (Å²) >= 11 is 0. The summed E-state index contributed by atoms with van der Waals surface area (Å²) in [6.45, 7) is 4.22. The van der Waals surface area contributed by atoms with E-state index in [-0.39, 0.29) is 24.6 Å². The van der Waals surface area contributed by atoms with Crippen molar-refractivity contribution in [2.75, 3.05) is 40.3 Å². The van der Waals surface area contributed by atoms with Gasteiger partial charge < -0.3 is 19.9 Å². The SMILES string of the molecule is C=CN(CCN(C)C)C(=O)CNCc1cc(C(=O)OCC(F)F)ccn1. The summed E-state index contributed by atoms with van der Waals surface area (Å²) in [4.78, 5) is 31.3. The zero-order valence-electron chi connectivity index (χ0n) is 15.0. The van der Waals surface area contributed by atoms with Crippen LogP contribution in [0.4, 0.5) is 8.78 Å². The van der Waals surface area contributed by atoms with Gasteiger partial charge in [-0.05, 0) is 32.4 Å². The average Bonchev–Trinajstić information content (AvgIpc) is 2.60. The van der Waals surface area contributed by atoms with E-state index in [2.05, 4.69) is 21.6 Å². The fourth-order valence-corrected chi connectivity index (χ4v) is 1.95. The van der Waals surface area contributed by atoms with Crippen LogP contribution in [0, 0.1) is 0 Å². The van der Waals surface area contributed by atoms with Crippen LogP contribution in [-0.2, 0) is 16.1 Å². The molecule has 0 saturated carbocycles. The second kappa shape index (κ2) is 11.3. The fourth-order valence-electron chi connectivity index (χ4n) is 1.95. The molecule has 0 unspecified atom stereocenters. The molecule has 1 aromatic rings. The van der Waals surface area contributed by atoms with Crippen LogP contribution in [0.2, 0.25) is 0 Å². The Balaban J connectivity index is 2.49. The van der Waals surface area contributed by atoms with Crippen LogP contribution in [0.15, 0.2) is 31.1 Å². The van der Waals surface area contributed by atoms with Gasteiger partial charge in [0, 0.05) is 25.8 Å². The van der Waals surface area contributed by atoms with Crippen molar-refractivity contribution in [2.24, 2.45) is 0 Å². The molecule has 0 fully saturated rings. The lowest BCUT2D eigenvalue weighted by atomic mass is 10.2. The van der Waals surface area contributed by atoms with Gasteiger partial charge in [0.1, 0.15) is 0 Å². The third-order valence-corrected chi connectivity index (χ3v) is 3.30. The molecule has 0 aliphatic carbocycles. The highest BCUT2D eigenvalue weighted by Crippen LogP contribution is 2.05. The maximum absolute atomic E-state index is 12.1. The Kier molecular flexibility index (Phi) is 9.38. The minimum atomic E-state index is -2.71. The number of esters is 1. The number of halogens is 2. The number of hydrogen-bond donors (Lipinski definition) is 1. The molecule has 1 aromatic heterocycles. The molecule has 1 amide bonds. The number of rotatable bonds is 11. The molecule has 7 nitrogen and oxygen atoms in total. The Hall–Kier alpha value is -2.39. The lowest BCUT2D eigenvalue weighted by Gasteiger charge is -2.20. The van der Waals surface area contributed by atoms with E-state index in [1.165, 1.54) is 29.4 Å². The molecule has 0 aromatic carbocycles. The number of carbonyl (C=O) groups is 2. The van der Waals surface area contributed by atoms with Gasteiger partial charge in [-0.3, -0.25) is 9.78 Å². The van der Waals surface area contributed by atoms with E-state index >= 15 is 0 Å². The van der Waals surface area contributed by atoms with Crippen LogP contribution >= 0.6 is 0 Å². The second-order valence-electron chi connectivity index (χ2n) is 5.70. The molecule has 1 N–H and O–H groups in total. The topological polar surface area (TPSA) is 74.8 Å². The Morgan fingerprint density at radius 1 is 1.38 bits per heavy atom. The first kappa shape index (κ1) is 21.7. The van der Waals surface area contributed by atoms with Gasteiger partial charge in [0.25, 0.3) is 6.43 Å². The molecule has 0 atom stereocenters. The van der Waals surface area contributed by atoms with Crippen molar-refractivity contribution in [3.05, 3.63) is 42.4 Å². The second-order valence-corrected chi connectivity index (χ2v) is 5.70. The Morgan fingerprint density at radius 3 is 2.73 bits per heavy atom. The van der Waals surface area contributed by atoms with Gasteiger partial charge in [-0.25, -0.2) is 13.6 Å². The minimum absolute atomic E-state index is 0.0706. The van der Waals surface area contributed by atoms with Gasteiger partial charge in [-0.15, -0.1) is 0 Å². The van der Waals surface area contributed by atoms with Crippen molar-refractivity contribution in [3.63, 3.8) is 0 Å². The van der Waals surface area contributed by atoms with Crippen molar-refractivity contribution in [1.29, 1.82) is 0 Å². The van der Waals surface area contributed by atoms with Crippen LogP contribution in [0.25, 0.3) is 0 Å². The smallest absolute Gasteiger partial charge is 0.338 e. The molecule has 0 saturated heterocycles. The van der Waals surface area contributed by atoms with E-state index in [1.54, 1.807) is 0 Å². The first-order chi connectivity index (χ1) is 12.3. The quantitative estimate of drug-likeness (QED) is 0.589. The zero-order chi connectivity index (χ0) is 19.5. The lowest BCUT2D eigenvalue weighted by molar-refractivity contribution is -0.127. The predicted octanol–water partition coefficient (Wildman–Crippen LogP) is 1.13. The molecule has 1 rings (SSSR count). The number of nitrogens with one attached hydrogen (secondary N) is 1. The minimum Gasteiger partial charge on any atom is -0.456 e. The van der Waals surface area contributed by atoms with Crippen molar-refractivity contribution in [1.82, 2.24) is 20.1 Å². The highest BCUT2D eigenvalue weighted by molar-refractivity contribution is 5.89. The fraction of sp³-hybridized carbons (Fsp3) is 0.471. The number of alkyl halides is 2.